The van der Waals surface area contributed by atoms with Crippen LogP contribution < -0.4 is 13.3 Å². The van der Waals surface area contributed by atoms with Crippen LogP contribution in [0.2, 0.25) is 0 Å². The molecule has 10 nitrogen and oxygen atoms in total. The summed E-state index contributed by atoms with van der Waals surface area (Å²) in [6.45, 7) is 2.56. The van der Waals surface area contributed by atoms with Gasteiger partial charge in [-0.3, -0.25) is 4.79 Å². The van der Waals surface area contributed by atoms with E-state index >= 15 is 4.39 Å². The molecule has 14 heteroatoms. The number of methoxy groups -OCH3 is 1. The molecule has 0 radical (unpaired) electrons. The van der Waals surface area contributed by atoms with Gasteiger partial charge in [-0.1, -0.05) is 24.6 Å². The number of carbonyl (C=O) groups is 1. The molecule has 1 amide bonds. The molecule has 2 N–H and O–H groups in total. The van der Waals surface area contributed by atoms with E-state index < -0.39 is 43.1 Å². The van der Waals surface area contributed by atoms with Crippen LogP contribution in [0.1, 0.15) is 44.9 Å². The Balaban J connectivity index is 1.53. The van der Waals surface area contributed by atoms with Gasteiger partial charge in [-0.25, -0.2) is 20.6 Å². The fraction of sp³-hybridized carbons (Fsp3) is 0.536. The van der Waals surface area contributed by atoms with Crippen molar-refractivity contribution in [3.8, 4) is 0 Å². The first kappa shape index (κ1) is 33.1. The second-order valence-corrected chi connectivity index (χ2v) is 14.7. The summed E-state index contributed by atoms with van der Waals surface area (Å²) >= 11 is -0.561. The minimum Gasteiger partial charge on any atom is -0.747 e. The van der Waals surface area contributed by atoms with Crippen molar-refractivity contribution < 1.29 is 25.4 Å². The lowest BCUT2D eigenvalue weighted by molar-refractivity contribution is -0.133. The van der Waals surface area contributed by atoms with E-state index in [4.69, 9.17) is 4.74 Å². The van der Waals surface area contributed by atoms with Crippen molar-refractivity contribution in [2.24, 2.45) is 0 Å². The Morgan fingerprint density at radius 1 is 1.24 bits per heavy atom. The predicted molar refractivity (Wildman–Crippen MR) is 170 cm³/mol. The van der Waals surface area contributed by atoms with Gasteiger partial charge in [-0.15, -0.1) is 11.8 Å². The van der Waals surface area contributed by atoms with Crippen molar-refractivity contribution in [2.45, 2.75) is 72.6 Å². The van der Waals surface area contributed by atoms with Gasteiger partial charge in [0.2, 0.25) is 0 Å². The first-order valence-corrected chi connectivity index (χ1v) is 18.3. The zero-order chi connectivity index (χ0) is 30.2. The van der Waals surface area contributed by atoms with Crippen molar-refractivity contribution in [3.05, 3.63) is 53.7 Å². The molecule has 1 aliphatic heterocycles. The molecule has 1 saturated heterocycles. The summed E-state index contributed by atoms with van der Waals surface area (Å²) in [5, 5.41) is 16.1. The maximum atomic E-state index is 15.1. The first-order valence-electron chi connectivity index (χ1n) is 14.0. The summed E-state index contributed by atoms with van der Waals surface area (Å²) < 4.78 is 60.6. The molecule has 2 aliphatic rings. The molecule has 1 aliphatic carbocycles. The second kappa shape index (κ2) is 15.2. The molecule has 1 heterocycles. The number of carbonyl (C=O) groups excluding carboxylic acids is 1. The van der Waals surface area contributed by atoms with Crippen molar-refractivity contribution in [3.63, 3.8) is 0 Å². The van der Waals surface area contributed by atoms with E-state index in [1.165, 1.54) is 12.1 Å². The number of anilines is 2. The summed E-state index contributed by atoms with van der Waals surface area (Å²) in [5.41, 5.74) is -2.03. The van der Waals surface area contributed by atoms with Crippen LogP contribution in [0.4, 0.5) is 15.8 Å². The van der Waals surface area contributed by atoms with Crippen LogP contribution >= 0.6 is 33.2 Å². The SMILES string of the molecule is CO[C@H]1CCN(CC[C@H](CSc2ccccc2)Nc2ccc(S(=O)(=O)NC(=O)C3(F)CCCCC3)cc2N([O-])I=O)C1. The van der Waals surface area contributed by atoms with Gasteiger partial charge in [0.05, 0.1) is 22.4 Å². The highest BCUT2D eigenvalue weighted by Gasteiger charge is 2.41. The first-order chi connectivity index (χ1) is 20.1. The molecule has 0 bridgehead atoms. The molecular weight excluding hydrogens is 698 g/mol. The minimum atomic E-state index is -4.48. The molecule has 1 saturated carbocycles. The number of ether oxygens (including phenoxy) is 1. The number of thioether (sulfide) groups is 1. The third-order valence-electron chi connectivity index (χ3n) is 7.72. The molecule has 0 unspecified atom stereocenters. The molecular formula is C28H37FIN4O6S2-. The Labute approximate surface area is 261 Å². The van der Waals surface area contributed by atoms with Gasteiger partial charge in [-0.05, 0) is 68.9 Å². The zero-order valence-electron chi connectivity index (χ0n) is 23.5. The van der Waals surface area contributed by atoms with E-state index in [0.29, 0.717) is 24.3 Å². The third-order valence-corrected chi connectivity index (χ3v) is 11.1. The topological polar surface area (TPSA) is 131 Å². The largest absolute Gasteiger partial charge is 0.747 e. The lowest BCUT2D eigenvalue weighted by Gasteiger charge is -2.29. The Morgan fingerprint density at radius 3 is 2.64 bits per heavy atom. The summed E-state index contributed by atoms with van der Waals surface area (Å²) in [4.78, 5) is 15.6. The van der Waals surface area contributed by atoms with Crippen molar-refractivity contribution >= 4 is 60.5 Å². The van der Waals surface area contributed by atoms with Crippen LogP contribution in [0, 0.1) is 5.21 Å². The highest BCUT2D eigenvalue weighted by atomic mass is 127. The van der Waals surface area contributed by atoms with Crippen molar-refractivity contribution in [1.82, 2.24) is 9.62 Å². The van der Waals surface area contributed by atoms with Gasteiger partial charge in [-0.2, -0.15) is 0 Å². The third kappa shape index (κ3) is 8.85. The van der Waals surface area contributed by atoms with E-state index in [1.54, 1.807) is 18.9 Å². The van der Waals surface area contributed by atoms with Crippen LogP contribution in [0.3, 0.4) is 0 Å². The summed E-state index contributed by atoms with van der Waals surface area (Å²) in [5.74, 6) is -0.540. The number of halogens is 2. The number of likely N-dealkylation sites (tertiary alicyclic amines) is 1. The Bertz CT molecular complexity index is 1320. The summed E-state index contributed by atoms with van der Waals surface area (Å²) in [7, 11) is -2.76. The maximum Gasteiger partial charge on any atom is 0.271 e. The smallest absolute Gasteiger partial charge is 0.271 e. The highest BCUT2D eigenvalue weighted by Crippen LogP contribution is 2.35. The second-order valence-electron chi connectivity index (χ2n) is 10.7. The lowest BCUT2D eigenvalue weighted by atomic mass is 9.86. The fourth-order valence-corrected chi connectivity index (χ4v) is 7.92. The van der Waals surface area contributed by atoms with Gasteiger partial charge in [0.25, 0.3) is 37.4 Å². The summed E-state index contributed by atoms with van der Waals surface area (Å²) in [6.07, 6.45) is 3.62. The van der Waals surface area contributed by atoms with Crippen LogP contribution in [0.15, 0.2) is 58.3 Å². The number of sulfonamides is 1. The van der Waals surface area contributed by atoms with E-state index in [2.05, 4.69) is 10.2 Å². The fourth-order valence-electron chi connectivity index (χ4n) is 5.26. The lowest BCUT2D eigenvalue weighted by Crippen LogP contribution is -2.46. The summed E-state index contributed by atoms with van der Waals surface area (Å²) in [6, 6.07) is 13.6. The quantitative estimate of drug-likeness (QED) is 0.113. The number of nitrogens with one attached hydrogen (secondary N) is 2. The van der Waals surface area contributed by atoms with Crippen LogP contribution in [0.25, 0.3) is 0 Å². The molecule has 42 heavy (non-hydrogen) atoms. The standard InChI is InChI=1S/C28H37FIN4O6S2/c1-40-22-13-17-33(19-22)16-12-21(20-41-23-8-4-2-5-9-23)31-25-11-10-24(18-26(25)34(37)30-36)42(38,39)32-27(35)28(29)14-6-3-7-15-28/h2,4-5,8-11,18,21-22,31H,3,6-7,12-17,19-20H2,1H3,(H,32,35)/q-1/t21-,22+/m1/s1. The maximum absolute atomic E-state index is 15.1. The molecule has 232 valence electrons. The minimum absolute atomic E-state index is 0.0383. The average molecular weight is 736 g/mol. The Morgan fingerprint density at radius 2 is 1.98 bits per heavy atom. The number of hydrogen-bond acceptors (Lipinski definition) is 9. The highest BCUT2D eigenvalue weighted by molar-refractivity contribution is 14.1. The van der Waals surface area contributed by atoms with E-state index in [-0.39, 0.29) is 38.8 Å². The van der Waals surface area contributed by atoms with E-state index in [1.807, 2.05) is 35.1 Å². The van der Waals surface area contributed by atoms with Gasteiger partial charge in [0.15, 0.2) is 5.67 Å². The van der Waals surface area contributed by atoms with Gasteiger partial charge in [0.1, 0.15) is 0 Å². The van der Waals surface area contributed by atoms with Crippen molar-refractivity contribution in [2.75, 3.05) is 41.1 Å². The monoisotopic (exact) mass is 735 g/mol. The van der Waals surface area contributed by atoms with Gasteiger partial charge < -0.3 is 23.4 Å². The normalized spacial score (nSPS) is 19.7. The molecule has 0 aromatic heterocycles. The Kier molecular flexibility index (Phi) is 12.0. The van der Waals surface area contributed by atoms with Crippen LogP contribution in [0.5, 0.6) is 0 Å². The van der Waals surface area contributed by atoms with Crippen molar-refractivity contribution in [1.29, 1.82) is 0 Å². The number of rotatable bonds is 14. The van der Waals surface area contributed by atoms with Gasteiger partial charge in [0, 0.05) is 43.4 Å². The van der Waals surface area contributed by atoms with Crippen LogP contribution in [-0.4, -0.2) is 69.5 Å². The molecule has 0 spiro atoms. The van der Waals surface area contributed by atoms with Crippen LogP contribution in [-0.2, 0) is 22.6 Å². The molecule has 2 aromatic rings. The predicted octanol–water partition coefficient (Wildman–Crippen LogP) is 5.38. The average Bonchev–Trinajstić information content (AvgIpc) is 3.47. The zero-order valence-corrected chi connectivity index (χ0v) is 27.3. The van der Waals surface area contributed by atoms with Gasteiger partial charge >= 0.3 is 0 Å². The number of amides is 1. The molecule has 2 atom stereocenters. The number of alkyl halides is 1. The van der Waals surface area contributed by atoms with E-state index in [9.17, 15) is 21.5 Å². The molecule has 2 fully saturated rings. The van der Waals surface area contributed by atoms with E-state index in [0.717, 1.165) is 49.9 Å². The number of hydrogen-bond donors (Lipinski definition) is 2. The number of nitrogens with zero attached hydrogens (tertiary/aromatic N) is 2. The molecule has 4 rings (SSSR count). The molecule has 2 aromatic carbocycles. The number of benzene rings is 2. The Hall–Kier alpha value is -1.85.